The normalized spacial score (nSPS) is 44.4. The zero-order valence-electron chi connectivity index (χ0n) is 20.9. The Kier molecular flexibility index (Phi) is 5.96. The molecule has 0 radical (unpaired) electrons. The highest BCUT2D eigenvalue weighted by Crippen LogP contribution is 2.68. The molecule has 1 aromatic heterocycles. The zero-order valence-corrected chi connectivity index (χ0v) is 20.9. The minimum atomic E-state index is 0.0892. The van der Waals surface area contributed by atoms with Gasteiger partial charge in [-0.1, -0.05) is 27.2 Å². The van der Waals surface area contributed by atoms with Gasteiger partial charge in [-0.05, 0) is 91.3 Å². The van der Waals surface area contributed by atoms with Crippen molar-refractivity contribution in [3.05, 3.63) is 18.0 Å². The number of nitrogens with zero attached hydrogens (tertiary/aromatic N) is 3. The van der Waals surface area contributed by atoms with E-state index >= 15 is 0 Å². The fourth-order valence-corrected chi connectivity index (χ4v) is 9.63. The van der Waals surface area contributed by atoms with Gasteiger partial charge in [-0.25, -0.2) is 0 Å². The van der Waals surface area contributed by atoms with Crippen molar-refractivity contribution in [2.24, 2.45) is 52.3 Å². The Balaban J connectivity index is 1.39. The van der Waals surface area contributed by atoms with Gasteiger partial charge in [-0.3, -0.25) is 9.48 Å². The van der Waals surface area contributed by atoms with Crippen molar-refractivity contribution in [1.82, 2.24) is 9.78 Å². The zero-order chi connectivity index (χ0) is 23.4. The second-order valence-corrected chi connectivity index (χ2v) is 12.4. The molecule has 4 fully saturated rings. The number of Topliss-reactive ketones (excluding diaryl/α,β-unsaturated/α-hetero) is 1. The van der Waals surface area contributed by atoms with Gasteiger partial charge in [0, 0.05) is 19.2 Å². The number of ketones is 1. The molecular weight excluding hydrogens is 410 g/mol. The van der Waals surface area contributed by atoms with Gasteiger partial charge in [0.2, 0.25) is 0 Å². The number of methoxy groups -OCH3 is 1. The van der Waals surface area contributed by atoms with Crippen LogP contribution in [0.4, 0.5) is 0 Å². The molecule has 0 amide bonds. The molecule has 5 heteroatoms. The third kappa shape index (κ3) is 3.59. The molecule has 0 bridgehead atoms. The maximum absolute atomic E-state index is 13.6. The number of carbonyl (C=O) groups is 1. The monoisotopic (exact) mass is 451 g/mol. The molecule has 0 aliphatic heterocycles. The number of rotatable bonds is 5. The predicted octanol–water partition coefficient (Wildman–Crippen LogP) is 5.49. The van der Waals surface area contributed by atoms with Gasteiger partial charge in [0.15, 0.2) is 5.78 Å². The smallest absolute Gasteiger partial charge is 0.158 e. The van der Waals surface area contributed by atoms with E-state index in [0.717, 1.165) is 36.7 Å². The first-order chi connectivity index (χ1) is 15.8. The van der Waals surface area contributed by atoms with Crippen LogP contribution in [-0.4, -0.2) is 29.3 Å². The summed E-state index contributed by atoms with van der Waals surface area (Å²) in [6, 6.07) is 2.12. The van der Waals surface area contributed by atoms with Gasteiger partial charge >= 0.3 is 0 Å². The lowest BCUT2D eigenvalue weighted by atomic mass is 9.44. The van der Waals surface area contributed by atoms with Crippen molar-refractivity contribution in [2.75, 3.05) is 13.7 Å². The largest absolute Gasteiger partial charge is 0.384 e. The summed E-state index contributed by atoms with van der Waals surface area (Å²) in [5.74, 6) is 4.62. The fraction of sp³-hybridized carbons (Fsp3) is 0.821. The fourth-order valence-electron chi connectivity index (χ4n) is 9.63. The van der Waals surface area contributed by atoms with Gasteiger partial charge in [-0.15, -0.1) is 0 Å². The molecule has 0 saturated heterocycles. The lowest BCUT2D eigenvalue weighted by Crippen LogP contribution is -2.56. The first-order valence-electron chi connectivity index (χ1n) is 13.3. The van der Waals surface area contributed by atoms with Crippen LogP contribution in [0.5, 0.6) is 0 Å². The predicted molar refractivity (Wildman–Crippen MR) is 127 cm³/mol. The molecule has 9 unspecified atom stereocenters. The van der Waals surface area contributed by atoms with Crippen molar-refractivity contribution in [3.63, 3.8) is 0 Å². The van der Waals surface area contributed by atoms with Crippen LogP contribution < -0.4 is 0 Å². The molecule has 5 nitrogen and oxygen atoms in total. The molecule has 5 rings (SSSR count). The molecule has 4 aliphatic rings. The molecule has 33 heavy (non-hydrogen) atoms. The van der Waals surface area contributed by atoms with Crippen molar-refractivity contribution in [2.45, 2.75) is 78.7 Å². The summed E-state index contributed by atoms with van der Waals surface area (Å²) in [5, 5.41) is 13.4. The van der Waals surface area contributed by atoms with Gasteiger partial charge in [-0.2, -0.15) is 10.4 Å². The van der Waals surface area contributed by atoms with Crippen molar-refractivity contribution in [1.29, 1.82) is 5.26 Å². The van der Waals surface area contributed by atoms with Gasteiger partial charge in [0.25, 0.3) is 0 Å². The third-order valence-corrected chi connectivity index (χ3v) is 10.8. The van der Waals surface area contributed by atoms with E-state index in [2.05, 4.69) is 31.9 Å². The highest BCUT2D eigenvalue weighted by molar-refractivity contribution is 5.82. The molecule has 9 atom stereocenters. The molecule has 180 valence electrons. The number of nitriles is 1. The van der Waals surface area contributed by atoms with E-state index in [-0.39, 0.29) is 11.3 Å². The summed E-state index contributed by atoms with van der Waals surface area (Å²) in [6.45, 7) is 8.40. The summed E-state index contributed by atoms with van der Waals surface area (Å²) < 4.78 is 7.60. The quantitative estimate of drug-likeness (QED) is 0.593. The molecule has 1 aromatic rings. The molecule has 4 aliphatic carbocycles. The average Bonchev–Trinajstić information content (AvgIpc) is 3.34. The number of ether oxygens (including phenoxy) is 1. The summed E-state index contributed by atoms with van der Waals surface area (Å²) in [4.78, 5) is 13.6. The van der Waals surface area contributed by atoms with Crippen molar-refractivity contribution >= 4 is 5.78 Å². The molecule has 0 N–H and O–H groups in total. The second-order valence-electron chi connectivity index (χ2n) is 12.4. The molecule has 0 aromatic carbocycles. The van der Waals surface area contributed by atoms with E-state index in [1.807, 2.05) is 7.11 Å². The lowest BCUT2D eigenvalue weighted by molar-refractivity contribution is -0.155. The van der Waals surface area contributed by atoms with E-state index in [1.54, 1.807) is 17.1 Å². The summed E-state index contributed by atoms with van der Waals surface area (Å²) in [7, 11) is 1.90. The average molecular weight is 452 g/mol. The topological polar surface area (TPSA) is 67.9 Å². The summed E-state index contributed by atoms with van der Waals surface area (Å²) in [6.07, 6.45) is 13.6. The molecule has 4 saturated carbocycles. The van der Waals surface area contributed by atoms with Crippen LogP contribution in [-0.2, 0) is 16.1 Å². The Morgan fingerprint density at radius 3 is 2.76 bits per heavy atom. The van der Waals surface area contributed by atoms with Crippen LogP contribution in [0.2, 0.25) is 0 Å². The highest BCUT2D eigenvalue weighted by atomic mass is 16.5. The first-order valence-corrected chi connectivity index (χ1v) is 13.3. The van der Waals surface area contributed by atoms with Crippen LogP contribution >= 0.6 is 0 Å². The van der Waals surface area contributed by atoms with Crippen molar-refractivity contribution in [3.8, 4) is 6.07 Å². The number of hydrogen-bond donors (Lipinski definition) is 0. The third-order valence-electron chi connectivity index (χ3n) is 10.8. The molecule has 0 spiro atoms. The van der Waals surface area contributed by atoms with Gasteiger partial charge < -0.3 is 4.74 Å². The van der Waals surface area contributed by atoms with Crippen molar-refractivity contribution < 1.29 is 9.53 Å². The van der Waals surface area contributed by atoms with Crippen LogP contribution in [0.25, 0.3) is 0 Å². The Hall–Kier alpha value is -1.67. The standard InChI is InChI=1S/C28H41N3O2/c1-18-7-10-28(17-33-4)21(11-18)5-6-22-23(28)8-9-27(3)24(22)12-19(2)26(27)25(32)16-31-15-20(13-29)14-30-31/h14-15,18-19,21-24,26H,5-12,16-17H2,1-4H3. The van der Waals surface area contributed by atoms with E-state index < -0.39 is 0 Å². The van der Waals surface area contributed by atoms with E-state index in [0.29, 0.717) is 35.1 Å². The Morgan fingerprint density at radius 1 is 1.21 bits per heavy atom. The van der Waals surface area contributed by atoms with Crippen LogP contribution in [0.15, 0.2) is 12.4 Å². The Labute approximate surface area is 199 Å². The maximum Gasteiger partial charge on any atom is 0.158 e. The highest BCUT2D eigenvalue weighted by Gasteiger charge is 2.63. The lowest BCUT2D eigenvalue weighted by Gasteiger charge is -2.61. The second kappa shape index (κ2) is 8.52. The van der Waals surface area contributed by atoms with Gasteiger partial charge in [0.05, 0.1) is 24.9 Å². The SMILES string of the molecule is COCC12CCC(C)CC1CCC1C3CC(C)C(C(=O)Cn4cc(C#N)cn4)C3(C)CCC12. The number of aromatic nitrogens is 2. The Bertz CT molecular complexity index is 934. The molecule has 1 heterocycles. The van der Waals surface area contributed by atoms with E-state index in [9.17, 15) is 4.79 Å². The Morgan fingerprint density at radius 2 is 2.03 bits per heavy atom. The first kappa shape index (κ1) is 23.1. The van der Waals surface area contributed by atoms with Gasteiger partial charge in [0.1, 0.15) is 6.07 Å². The summed E-state index contributed by atoms with van der Waals surface area (Å²) >= 11 is 0. The number of hydrogen-bond acceptors (Lipinski definition) is 4. The van der Waals surface area contributed by atoms with Crippen LogP contribution in [0, 0.1) is 63.6 Å². The molecular formula is C28H41N3O2. The minimum absolute atomic E-state index is 0.0892. The van der Waals surface area contributed by atoms with Crippen LogP contribution in [0.3, 0.4) is 0 Å². The summed E-state index contributed by atoms with van der Waals surface area (Å²) in [5.41, 5.74) is 0.972. The maximum atomic E-state index is 13.6. The minimum Gasteiger partial charge on any atom is -0.384 e. The van der Waals surface area contributed by atoms with E-state index in [4.69, 9.17) is 10.00 Å². The van der Waals surface area contributed by atoms with E-state index in [1.165, 1.54) is 44.9 Å². The number of carbonyl (C=O) groups excluding carboxylic acids is 1. The number of fused-ring (bicyclic) bond motifs is 5. The van der Waals surface area contributed by atoms with Crippen LogP contribution in [0.1, 0.15) is 77.7 Å².